The van der Waals surface area contributed by atoms with Crippen molar-refractivity contribution in [1.29, 1.82) is 0 Å². The number of carbonyl (C=O) groups is 1. The maximum atomic E-state index is 12.7. The summed E-state index contributed by atoms with van der Waals surface area (Å²) in [7, 11) is 1.61. The van der Waals surface area contributed by atoms with Crippen molar-refractivity contribution in [3.05, 3.63) is 72.1 Å². The van der Waals surface area contributed by atoms with E-state index in [0.717, 1.165) is 50.4 Å². The zero-order valence-corrected chi connectivity index (χ0v) is 20.3. The molecule has 9 nitrogen and oxygen atoms in total. The molecule has 0 unspecified atom stereocenters. The van der Waals surface area contributed by atoms with Gasteiger partial charge in [0.25, 0.3) is 0 Å². The third-order valence-corrected chi connectivity index (χ3v) is 6.97. The molecule has 0 fully saturated rings. The first kappa shape index (κ1) is 22.1. The Bertz CT molecular complexity index is 1610. The van der Waals surface area contributed by atoms with Crippen LogP contribution in [-0.2, 0) is 0 Å². The molecule has 0 saturated carbocycles. The van der Waals surface area contributed by atoms with Crippen LogP contribution < -0.4 is 15.4 Å². The van der Waals surface area contributed by atoms with Gasteiger partial charge in [0, 0.05) is 36.2 Å². The van der Waals surface area contributed by atoms with E-state index in [1.807, 2.05) is 35.8 Å². The van der Waals surface area contributed by atoms with Crippen LogP contribution in [0.5, 0.6) is 5.75 Å². The molecule has 4 heterocycles. The van der Waals surface area contributed by atoms with Crippen molar-refractivity contribution in [3.63, 3.8) is 0 Å². The number of H-pyrrole nitrogens is 1. The molecule has 0 spiro atoms. The zero-order chi connectivity index (χ0) is 24.5. The van der Waals surface area contributed by atoms with Crippen LogP contribution in [0, 0.1) is 0 Å². The maximum Gasteiger partial charge on any atom is 0.322 e. The number of amides is 2. The lowest BCUT2D eigenvalue weighted by Gasteiger charge is -2.26. The van der Waals surface area contributed by atoms with Gasteiger partial charge >= 0.3 is 6.03 Å². The van der Waals surface area contributed by atoms with E-state index in [0.29, 0.717) is 24.5 Å². The molecule has 0 aliphatic carbocycles. The fraction of sp³-hybridized carbons (Fsp3) is 0.154. The number of benzene rings is 2. The van der Waals surface area contributed by atoms with Crippen LogP contribution in [0.2, 0.25) is 0 Å². The first-order chi connectivity index (χ1) is 17.7. The SMILES string of the molecule is COc1cccc(NC(=O)N2CC=C(c3cc4c(Nc5ccc6ncsc6c5)ncnc4[nH]3)CC2)c1. The topological polar surface area (TPSA) is 108 Å². The van der Waals surface area contributed by atoms with Crippen molar-refractivity contribution in [2.75, 3.05) is 30.8 Å². The third kappa shape index (κ3) is 4.34. The summed E-state index contributed by atoms with van der Waals surface area (Å²) in [6.07, 6.45) is 4.37. The molecule has 2 amide bonds. The van der Waals surface area contributed by atoms with Crippen LogP contribution in [0.15, 0.2) is 66.4 Å². The Morgan fingerprint density at radius 2 is 2.06 bits per heavy atom. The van der Waals surface area contributed by atoms with E-state index in [1.54, 1.807) is 35.7 Å². The molecule has 3 aromatic heterocycles. The summed E-state index contributed by atoms with van der Waals surface area (Å²) in [6, 6.07) is 15.3. The number of fused-ring (bicyclic) bond motifs is 2. The number of ether oxygens (including phenoxy) is 1. The predicted molar refractivity (Wildman–Crippen MR) is 143 cm³/mol. The molecule has 10 heteroatoms. The first-order valence-corrected chi connectivity index (χ1v) is 12.4. The van der Waals surface area contributed by atoms with E-state index in [9.17, 15) is 4.79 Å². The average molecular weight is 498 g/mol. The number of nitrogens with one attached hydrogen (secondary N) is 3. The molecule has 6 rings (SSSR count). The summed E-state index contributed by atoms with van der Waals surface area (Å²) in [5, 5.41) is 7.27. The van der Waals surface area contributed by atoms with Crippen molar-refractivity contribution in [1.82, 2.24) is 24.8 Å². The number of urea groups is 1. The van der Waals surface area contributed by atoms with Crippen LogP contribution in [0.4, 0.5) is 22.0 Å². The van der Waals surface area contributed by atoms with Gasteiger partial charge in [0.2, 0.25) is 0 Å². The molecule has 2 aromatic carbocycles. The summed E-state index contributed by atoms with van der Waals surface area (Å²) < 4.78 is 6.35. The van der Waals surface area contributed by atoms with Gasteiger partial charge in [-0.25, -0.2) is 19.7 Å². The molecular formula is C26H23N7O2S. The van der Waals surface area contributed by atoms with E-state index in [1.165, 1.54) is 0 Å². The second-order valence-electron chi connectivity index (χ2n) is 8.41. The van der Waals surface area contributed by atoms with Gasteiger partial charge in [-0.15, -0.1) is 11.3 Å². The fourth-order valence-electron chi connectivity index (χ4n) is 4.28. The molecule has 0 atom stereocenters. The number of aromatic nitrogens is 4. The number of anilines is 3. The molecule has 0 bridgehead atoms. The highest BCUT2D eigenvalue weighted by atomic mass is 32.1. The molecule has 3 N–H and O–H groups in total. The maximum absolute atomic E-state index is 12.7. The average Bonchev–Trinajstić information content (AvgIpc) is 3.56. The van der Waals surface area contributed by atoms with Crippen molar-refractivity contribution in [2.45, 2.75) is 6.42 Å². The molecular weight excluding hydrogens is 474 g/mol. The molecule has 0 saturated heterocycles. The monoisotopic (exact) mass is 497 g/mol. The fourth-order valence-corrected chi connectivity index (χ4v) is 5.00. The summed E-state index contributed by atoms with van der Waals surface area (Å²) in [4.78, 5) is 31.2. The molecule has 5 aromatic rings. The summed E-state index contributed by atoms with van der Waals surface area (Å²) in [5.74, 6) is 1.44. The van der Waals surface area contributed by atoms with E-state index >= 15 is 0 Å². The van der Waals surface area contributed by atoms with Crippen molar-refractivity contribution in [3.8, 4) is 5.75 Å². The predicted octanol–water partition coefficient (Wildman–Crippen LogP) is 5.64. The molecule has 180 valence electrons. The van der Waals surface area contributed by atoms with Crippen molar-refractivity contribution in [2.24, 2.45) is 0 Å². The van der Waals surface area contributed by atoms with Gasteiger partial charge in [-0.05, 0) is 48.4 Å². The summed E-state index contributed by atoms with van der Waals surface area (Å²) in [6.45, 7) is 1.13. The summed E-state index contributed by atoms with van der Waals surface area (Å²) in [5.41, 5.74) is 7.38. The lowest BCUT2D eigenvalue weighted by Crippen LogP contribution is -2.37. The highest BCUT2D eigenvalue weighted by molar-refractivity contribution is 7.16. The number of carbonyl (C=O) groups excluding carboxylic acids is 1. The van der Waals surface area contributed by atoms with Gasteiger partial charge in [-0.3, -0.25) is 0 Å². The minimum absolute atomic E-state index is 0.134. The first-order valence-electron chi connectivity index (χ1n) is 11.5. The van der Waals surface area contributed by atoms with Gasteiger partial charge in [0.15, 0.2) is 0 Å². The highest BCUT2D eigenvalue weighted by Gasteiger charge is 2.20. The molecule has 0 radical (unpaired) electrons. The smallest absolute Gasteiger partial charge is 0.322 e. The van der Waals surface area contributed by atoms with Crippen LogP contribution in [0.3, 0.4) is 0 Å². The minimum atomic E-state index is -0.134. The van der Waals surface area contributed by atoms with Crippen molar-refractivity contribution >= 4 is 61.4 Å². The second-order valence-corrected chi connectivity index (χ2v) is 9.30. The number of thiazole rings is 1. The highest BCUT2D eigenvalue weighted by Crippen LogP contribution is 2.30. The Kier molecular flexibility index (Phi) is 5.70. The normalized spacial score (nSPS) is 13.6. The molecule has 1 aliphatic rings. The van der Waals surface area contributed by atoms with Gasteiger partial charge in [0.05, 0.1) is 28.2 Å². The quantitative estimate of drug-likeness (QED) is 0.290. The molecule has 36 heavy (non-hydrogen) atoms. The largest absolute Gasteiger partial charge is 0.497 e. The Labute approximate surface area is 210 Å². The van der Waals surface area contributed by atoms with Gasteiger partial charge in [-0.1, -0.05) is 12.1 Å². The van der Waals surface area contributed by atoms with E-state index in [4.69, 9.17) is 4.74 Å². The molecule has 1 aliphatic heterocycles. The van der Waals surface area contributed by atoms with E-state index in [2.05, 4.69) is 48.8 Å². The second kappa shape index (κ2) is 9.31. The van der Waals surface area contributed by atoms with Gasteiger partial charge in [-0.2, -0.15) is 0 Å². The lowest BCUT2D eigenvalue weighted by atomic mass is 10.1. The number of hydrogen-bond acceptors (Lipinski definition) is 7. The Hall–Kier alpha value is -4.44. The Balaban J connectivity index is 1.18. The van der Waals surface area contributed by atoms with Crippen molar-refractivity contribution < 1.29 is 9.53 Å². The van der Waals surface area contributed by atoms with Crippen LogP contribution in [-0.4, -0.2) is 51.1 Å². The van der Waals surface area contributed by atoms with Crippen LogP contribution in [0.1, 0.15) is 12.1 Å². The van der Waals surface area contributed by atoms with E-state index in [-0.39, 0.29) is 6.03 Å². The van der Waals surface area contributed by atoms with E-state index < -0.39 is 0 Å². The van der Waals surface area contributed by atoms with Gasteiger partial charge < -0.3 is 25.3 Å². The number of nitrogens with zero attached hydrogens (tertiary/aromatic N) is 4. The summed E-state index contributed by atoms with van der Waals surface area (Å²) >= 11 is 1.61. The number of rotatable bonds is 5. The third-order valence-electron chi connectivity index (χ3n) is 6.18. The van der Waals surface area contributed by atoms with Crippen LogP contribution >= 0.6 is 11.3 Å². The number of methoxy groups -OCH3 is 1. The zero-order valence-electron chi connectivity index (χ0n) is 19.5. The Morgan fingerprint density at radius 3 is 2.92 bits per heavy atom. The standard InChI is InChI=1S/C26H23N7O2S/c1-35-19-4-2-3-17(11-19)31-26(34)33-9-7-16(8-10-33)22-13-20-24(27-14-28-25(20)32-22)30-18-5-6-21-23(12-18)36-15-29-21/h2-7,11-15H,8-10H2,1H3,(H,31,34)(H2,27,28,30,32). The number of aromatic amines is 1. The Morgan fingerprint density at radius 1 is 1.11 bits per heavy atom. The minimum Gasteiger partial charge on any atom is -0.497 e. The van der Waals surface area contributed by atoms with Crippen LogP contribution in [0.25, 0.3) is 26.8 Å². The number of hydrogen-bond donors (Lipinski definition) is 3. The van der Waals surface area contributed by atoms with Gasteiger partial charge in [0.1, 0.15) is 23.5 Å². The lowest BCUT2D eigenvalue weighted by molar-refractivity contribution is 0.217.